The quantitative estimate of drug-likeness (QED) is 0.286. The van der Waals surface area contributed by atoms with Gasteiger partial charge in [0.1, 0.15) is 13.2 Å². The van der Waals surface area contributed by atoms with Gasteiger partial charge >= 0.3 is 5.97 Å². The summed E-state index contributed by atoms with van der Waals surface area (Å²) in [5.41, 5.74) is 0. The van der Waals surface area contributed by atoms with Crippen molar-refractivity contribution in [2.24, 2.45) is 0 Å². The van der Waals surface area contributed by atoms with Crippen LogP contribution in [0.4, 0.5) is 0 Å². The number of quaternary nitrogens is 1. The van der Waals surface area contributed by atoms with Crippen LogP contribution in [0.2, 0.25) is 0 Å². The molecule has 0 aliphatic carbocycles. The molecular weight excluding hydrogens is 294 g/mol. The topological polar surface area (TPSA) is 80.7 Å². The molecule has 0 rings (SSSR count). The normalized spacial score (nSPS) is 14.3. The first kappa shape index (κ1) is 20.1. The molecule has 21 heavy (non-hydrogen) atoms. The summed E-state index contributed by atoms with van der Waals surface area (Å²) in [6.45, 7) is 10.5. The van der Waals surface area contributed by atoms with Crippen LogP contribution in [0.1, 0.15) is 34.1 Å². The van der Waals surface area contributed by atoms with Gasteiger partial charge in [-0.2, -0.15) is 8.42 Å². The molecule has 0 fully saturated rings. The molecule has 0 spiro atoms. The first-order valence-electron chi connectivity index (χ1n) is 7.31. The molecule has 0 aromatic heterocycles. The van der Waals surface area contributed by atoms with Crippen LogP contribution in [-0.2, 0) is 19.6 Å². The van der Waals surface area contributed by atoms with Crippen LogP contribution in [0.5, 0.6) is 0 Å². The Hall–Kier alpha value is -0.920. The summed E-state index contributed by atoms with van der Waals surface area (Å²) < 4.78 is 36.9. The van der Waals surface area contributed by atoms with Gasteiger partial charge in [0, 0.05) is 12.5 Å². The van der Waals surface area contributed by atoms with E-state index in [0.29, 0.717) is 30.6 Å². The highest BCUT2D eigenvalue weighted by Gasteiger charge is 2.27. The summed E-state index contributed by atoms with van der Waals surface area (Å²) >= 11 is 0. The molecule has 0 amide bonds. The van der Waals surface area contributed by atoms with E-state index in [2.05, 4.69) is 0 Å². The molecule has 1 unspecified atom stereocenters. The molecule has 0 aromatic carbocycles. The molecular formula is C14H28NO5S+. The Morgan fingerprint density at radius 1 is 1.29 bits per heavy atom. The summed E-state index contributed by atoms with van der Waals surface area (Å²) in [5, 5.41) is -0.779. The smallest absolute Gasteiger partial charge is 0.330 e. The Labute approximate surface area is 128 Å². The van der Waals surface area contributed by atoms with Gasteiger partial charge in [0.15, 0.2) is 0 Å². The van der Waals surface area contributed by atoms with E-state index in [4.69, 9.17) is 9.29 Å². The SMILES string of the molecule is CC=CC(=O)OCC[N+](CC)(CC)CCC(C)S(=O)(=O)O. The van der Waals surface area contributed by atoms with Crippen LogP contribution in [-0.4, -0.2) is 61.5 Å². The third-order valence-corrected chi connectivity index (χ3v) is 5.23. The van der Waals surface area contributed by atoms with Crippen molar-refractivity contribution in [2.45, 2.75) is 39.4 Å². The highest BCUT2D eigenvalue weighted by atomic mass is 32.2. The van der Waals surface area contributed by atoms with Crippen molar-refractivity contribution in [3.05, 3.63) is 12.2 Å². The van der Waals surface area contributed by atoms with E-state index in [1.165, 1.54) is 13.0 Å². The molecule has 0 radical (unpaired) electrons. The van der Waals surface area contributed by atoms with E-state index in [-0.39, 0.29) is 5.97 Å². The number of likely N-dealkylation sites (N-methyl/N-ethyl adjacent to an activating group) is 1. The number of rotatable bonds is 10. The summed E-state index contributed by atoms with van der Waals surface area (Å²) in [6, 6.07) is 0. The van der Waals surface area contributed by atoms with Gasteiger partial charge in [-0.25, -0.2) is 4.79 Å². The number of esters is 1. The maximum absolute atomic E-state index is 11.3. The minimum Gasteiger partial charge on any atom is -0.457 e. The molecule has 0 heterocycles. The second-order valence-corrected chi connectivity index (χ2v) is 7.04. The second kappa shape index (κ2) is 9.17. The summed E-state index contributed by atoms with van der Waals surface area (Å²) in [7, 11) is -3.99. The lowest BCUT2D eigenvalue weighted by molar-refractivity contribution is -0.925. The van der Waals surface area contributed by atoms with E-state index in [1.807, 2.05) is 13.8 Å². The van der Waals surface area contributed by atoms with Crippen molar-refractivity contribution >= 4 is 16.1 Å². The van der Waals surface area contributed by atoms with Crippen LogP contribution >= 0.6 is 0 Å². The Morgan fingerprint density at radius 3 is 2.29 bits per heavy atom. The average Bonchev–Trinajstić information content (AvgIpc) is 2.41. The monoisotopic (exact) mass is 322 g/mol. The number of carbonyl (C=O) groups excluding carboxylic acids is 1. The van der Waals surface area contributed by atoms with E-state index in [1.54, 1.807) is 13.0 Å². The van der Waals surface area contributed by atoms with E-state index < -0.39 is 15.4 Å². The maximum Gasteiger partial charge on any atom is 0.330 e. The molecule has 0 aliphatic rings. The third-order valence-electron chi connectivity index (χ3n) is 3.97. The number of nitrogens with zero attached hydrogens (tertiary/aromatic N) is 1. The summed E-state index contributed by atoms with van der Waals surface area (Å²) in [6.07, 6.45) is 3.37. The molecule has 0 aromatic rings. The van der Waals surface area contributed by atoms with Gasteiger partial charge in [-0.3, -0.25) is 4.55 Å². The lowest BCUT2D eigenvalue weighted by Gasteiger charge is -2.37. The fourth-order valence-corrected chi connectivity index (χ4v) is 2.50. The maximum atomic E-state index is 11.3. The molecule has 0 aliphatic heterocycles. The van der Waals surface area contributed by atoms with Crippen molar-refractivity contribution < 1.29 is 27.0 Å². The van der Waals surface area contributed by atoms with Crippen LogP contribution < -0.4 is 0 Å². The van der Waals surface area contributed by atoms with Gasteiger partial charge < -0.3 is 9.22 Å². The zero-order valence-electron chi connectivity index (χ0n) is 13.4. The number of hydrogen-bond acceptors (Lipinski definition) is 4. The standard InChI is InChI=1S/C14H27NO5S/c1-5-8-14(16)20-12-11-15(6-2,7-3)10-9-13(4)21(17,18)19/h5,8,13H,6-7,9-12H2,1-4H3/p+1. The van der Waals surface area contributed by atoms with E-state index >= 15 is 0 Å². The molecule has 124 valence electrons. The molecule has 1 atom stereocenters. The summed E-state index contributed by atoms with van der Waals surface area (Å²) in [5.74, 6) is -0.367. The molecule has 0 saturated heterocycles. The lowest BCUT2D eigenvalue weighted by Crippen LogP contribution is -2.51. The number of ether oxygens (including phenoxy) is 1. The van der Waals surface area contributed by atoms with E-state index in [9.17, 15) is 13.2 Å². The van der Waals surface area contributed by atoms with Gasteiger partial charge in [0.2, 0.25) is 0 Å². The third kappa shape index (κ3) is 7.59. The Morgan fingerprint density at radius 2 is 1.86 bits per heavy atom. The van der Waals surface area contributed by atoms with Gasteiger partial charge in [-0.1, -0.05) is 6.08 Å². The van der Waals surface area contributed by atoms with Crippen LogP contribution in [0, 0.1) is 0 Å². The number of hydrogen-bond donors (Lipinski definition) is 1. The predicted molar refractivity (Wildman–Crippen MR) is 82.5 cm³/mol. The predicted octanol–water partition coefficient (Wildman–Crippen LogP) is 1.63. The van der Waals surface area contributed by atoms with Crippen molar-refractivity contribution in [3.8, 4) is 0 Å². The van der Waals surface area contributed by atoms with Crippen molar-refractivity contribution in [2.75, 3.05) is 32.8 Å². The Balaban J connectivity index is 4.52. The van der Waals surface area contributed by atoms with Gasteiger partial charge in [-0.05, 0) is 27.7 Å². The summed E-state index contributed by atoms with van der Waals surface area (Å²) in [4.78, 5) is 11.3. The first-order chi connectivity index (χ1) is 9.70. The van der Waals surface area contributed by atoms with Crippen LogP contribution in [0.3, 0.4) is 0 Å². The van der Waals surface area contributed by atoms with Gasteiger partial charge in [0.25, 0.3) is 10.1 Å². The second-order valence-electron chi connectivity index (χ2n) is 5.20. The Bertz CT molecular complexity index is 440. The molecule has 0 saturated carbocycles. The zero-order chi connectivity index (χ0) is 16.5. The van der Waals surface area contributed by atoms with Crippen LogP contribution in [0.15, 0.2) is 12.2 Å². The largest absolute Gasteiger partial charge is 0.457 e. The van der Waals surface area contributed by atoms with Gasteiger partial charge in [-0.15, -0.1) is 0 Å². The zero-order valence-corrected chi connectivity index (χ0v) is 14.2. The minimum absolute atomic E-state index is 0.297. The average molecular weight is 322 g/mol. The molecule has 0 bridgehead atoms. The fourth-order valence-electron chi connectivity index (χ4n) is 2.10. The van der Waals surface area contributed by atoms with Crippen molar-refractivity contribution in [1.82, 2.24) is 0 Å². The molecule has 1 N–H and O–H groups in total. The number of carbonyl (C=O) groups is 1. The van der Waals surface area contributed by atoms with Crippen molar-refractivity contribution in [1.29, 1.82) is 0 Å². The van der Waals surface area contributed by atoms with Crippen molar-refractivity contribution in [3.63, 3.8) is 0 Å². The highest BCUT2D eigenvalue weighted by molar-refractivity contribution is 7.86. The molecule has 7 heteroatoms. The Kier molecular flexibility index (Phi) is 8.77. The fraction of sp³-hybridized carbons (Fsp3) is 0.786. The highest BCUT2D eigenvalue weighted by Crippen LogP contribution is 2.12. The van der Waals surface area contributed by atoms with Gasteiger partial charge in [0.05, 0.1) is 24.9 Å². The molecule has 6 nitrogen and oxygen atoms in total. The van der Waals surface area contributed by atoms with E-state index in [0.717, 1.165) is 13.1 Å². The van der Waals surface area contributed by atoms with Crippen LogP contribution in [0.25, 0.3) is 0 Å². The lowest BCUT2D eigenvalue weighted by atomic mass is 10.2. The first-order valence-corrected chi connectivity index (χ1v) is 8.82. The minimum atomic E-state index is -3.99. The number of allylic oxidation sites excluding steroid dienone is 1.